The normalized spacial score (nSPS) is 10.9. The average Bonchev–Trinajstić information content (AvgIpc) is 2.55. The van der Waals surface area contributed by atoms with Crippen LogP contribution in [0, 0.1) is 5.82 Å². The van der Waals surface area contributed by atoms with E-state index in [2.05, 4.69) is 10.3 Å². The number of carbonyl (C=O) groups is 1. The molecule has 0 bridgehead atoms. The van der Waals surface area contributed by atoms with Crippen LogP contribution in [0.2, 0.25) is 5.02 Å². The molecular formula is C17H27ClFIN4O. The van der Waals surface area contributed by atoms with Gasteiger partial charge in [0.25, 0.3) is 0 Å². The lowest BCUT2D eigenvalue weighted by molar-refractivity contribution is -0.131. The first-order valence-corrected chi connectivity index (χ1v) is 8.51. The van der Waals surface area contributed by atoms with Crippen LogP contribution < -0.4 is 5.32 Å². The Morgan fingerprint density at radius 2 is 1.92 bits per heavy atom. The smallest absolute Gasteiger partial charge is 0.242 e. The molecule has 0 saturated heterocycles. The molecule has 0 atom stereocenters. The first-order chi connectivity index (χ1) is 11.4. The van der Waals surface area contributed by atoms with E-state index in [0.29, 0.717) is 32.1 Å². The number of hydrogen-bond acceptors (Lipinski definition) is 2. The predicted octanol–water partition coefficient (Wildman–Crippen LogP) is 3.36. The summed E-state index contributed by atoms with van der Waals surface area (Å²) in [4.78, 5) is 20.3. The van der Waals surface area contributed by atoms with Gasteiger partial charge in [-0.25, -0.2) is 9.38 Å². The highest BCUT2D eigenvalue weighted by Gasteiger charge is 2.15. The largest absolute Gasteiger partial charge is 0.357 e. The molecule has 1 amide bonds. The molecule has 0 heterocycles. The summed E-state index contributed by atoms with van der Waals surface area (Å²) >= 11 is 5.79. The van der Waals surface area contributed by atoms with Crippen LogP contribution in [0.1, 0.15) is 26.3 Å². The molecule has 1 aromatic rings. The van der Waals surface area contributed by atoms with Crippen molar-refractivity contribution in [2.75, 3.05) is 33.2 Å². The molecule has 25 heavy (non-hydrogen) atoms. The molecule has 0 aliphatic rings. The maximum atomic E-state index is 13.2. The summed E-state index contributed by atoms with van der Waals surface area (Å²) in [6.45, 7) is 8.54. The molecule has 1 aromatic carbocycles. The Morgan fingerprint density at radius 3 is 2.44 bits per heavy atom. The SMILES string of the molecule is CCNC(=NCc1ccc(F)c(Cl)c1)N(C)CC(=O)N(CC)CC.I. The summed E-state index contributed by atoms with van der Waals surface area (Å²) in [6, 6.07) is 4.54. The third-order valence-corrected chi connectivity index (χ3v) is 3.87. The zero-order valence-corrected chi connectivity index (χ0v) is 18.3. The standard InChI is InChI=1S/C17H26ClFN4O.HI/c1-5-20-17(22(4)12-16(24)23(6-2)7-3)21-11-13-8-9-15(19)14(18)10-13;/h8-10H,5-7,11-12H2,1-4H3,(H,20,21);1H. The molecule has 0 fully saturated rings. The van der Waals surface area contributed by atoms with E-state index in [0.717, 1.165) is 5.56 Å². The summed E-state index contributed by atoms with van der Waals surface area (Å²) in [5.41, 5.74) is 0.806. The molecule has 8 heteroatoms. The number of guanidine groups is 1. The van der Waals surface area contributed by atoms with Crippen molar-refractivity contribution >= 4 is 47.4 Å². The van der Waals surface area contributed by atoms with Gasteiger partial charge in [-0.05, 0) is 38.5 Å². The van der Waals surface area contributed by atoms with Gasteiger partial charge >= 0.3 is 0 Å². The van der Waals surface area contributed by atoms with E-state index >= 15 is 0 Å². The van der Waals surface area contributed by atoms with Crippen molar-refractivity contribution in [1.82, 2.24) is 15.1 Å². The van der Waals surface area contributed by atoms with Crippen molar-refractivity contribution in [3.8, 4) is 0 Å². The van der Waals surface area contributed by atoms with Crippen LogP contribution in [0.5, 0.6) is 0 Å². The fourth-order valence-corrected chi connectivity index (χ4v) is 2.43. The third-order valence-electron chi connectivity index (χ3n) is 3.58. The van der Waals surface area contributed by atoms with Gasteiger partial charge in [0, 0.05) is 26.7 Å². The number of halogens is 3. The minimum absolute atomic E-state index is 0. The highest BCUT2D eigenvalue weighted by molar-refractivity contribution is 14.0. The van der Waals surface area contributed by atoms with E-state index in [1.54, 1.807) is 21.9 Å². The maximum Gasteiger partial charge on any atom is 0.242 e. The summed E-state index contributed by atoms with van der Waals surface area (Å²) < 4.78 is 13.2. The van der Waals surface area contributed by atoms with E-state index in [1.807, 2.05) is 27.8 Å². The lowest BCUT2D eigenvalue weighted by atomic mass is 10.2. The number of nitrogens with one attached hydrogen (secondary N) is 1. The Labute approximate surface area is 171 Å². The molecule has 0 radical (unpaired) electrons. The minimum atomic E-state index is -0.446. The molecule has 142 valence electrons. The van der Waals surface area contributed by atoms with Crippen LogP contribution >= 0.6 is 35.6 Å². The van der Waals surface area contributed by atoms with Crippen LogP contribution in [-0.2, 0) is 11.3 Å². The van der Waals surface area contributed by atoms with Gasteiger partial charge in [-0.2, -0.15) is 0 Å². The van der Waals surface area contributed by atoms with Gasteiger partial charge in [0.1, 0.15) is 5.82 Å². The fraction of sp³-hybridized carbons (Fsp3) is 0.529. The van der Waals surface area contributed by atoms with Gasteiger partial charge in [-0.3, -0.25) is 4.79 Å². The topological polar surface area (TPSA) is 47.9 Å². The molecule has 5 nitrogen and oxygen atoms in total. The molecule has 0 aliphatic carbocycles. The molecule has 0 spiro atoms. The van der Waals surface area contributed by atoms with Gasteiger partial charge < -0.3 is 15.1 Å². The molecular weight excluding hydrogens is 458 g/mol. The monoisotopic (exact) mass is 484 g/mol. The van der Waals surface area contributed by atoms with E-state index in [1.165, 1.54) is 6.07 Å². The lowest BCUT2D eigenvalue weighted by Crippen LogP contribution is -2.45. The molecule has 0 saturated carbocycles. The third kappa shape index (κ3) is 7.77. The van der Waals surface area contributed by atoms with Gasteiger partial charge in [-0.15, -0.1) is 24.0 Å². The molecule has 0 aromatic heterocycles. The van der Waals surface area contributed by atoms with Crippen molar-refractivity contribution in [3.05, 3.63) is 34.6 Å². The average molecular weight is 485 g/mol. The Morgan fingerprint density at radius 1 is 1.28 bits per heavy atom. The molecule has 0 aliphatic heterocycles. The van der Waals surface area contributed by atoms with Gasteiger partial charge in [0.05, 0.1) is 18.1 Å². The van der Waals surface area contributed by atoms with Crippen LogP contribution in [0.15, 0.2) is 23.2 Å². The van der Waals surface area contributed by atoms with Crippen molar-refractivity contribution in [2.24, 2.45) is 4.99 Å². The second kappa shape index (κ2) is 12.3. The lowest BCUT2D eigenvalue weighted by Gasteiger charge is -2.25. The summed E-state index contributed by atoms with van der Waals surface area (Å²) in [5, 5.41) is 3.24. The van der Waals surface area contributed by atoms with Gasteiger partial charge in [-0.1, -0.05) is 17.7 Å². The van der Waals surface area contributed by atoms with Crippen molar-refractivity contribution in [1.29, 1.82) is 0 Å². The quantitative estimate of drug-likeness (QED) is 0.367. The first-order valence-electron chi connectivity index (χ1n) is 8.14. The van der Waals surface area contributed by atoms with Crippen LogP contribution in [-0.4, -0.2) is 54.9 Å². The van der Waals surface area contributed by atoms with E-state index in [9.17, 15) is 9.18 Å². The Kier molecular flexibility index (Phi) is 11.8. The Hall–Kier alpha value is -1.09. The number of likely N-dealkylation sites (N-methyl/N-ethyl adjacent to an activating group) is 2. The van der Waals surface area contributed by atoms with Crippen LogP contribution in [0.4, 0.5) is 4.39 Å². The second-order valence-electron chi connectivity index (χ2n) is 5.34. The zero-order valence-electron chi connectivity index (χ0n) is 15.2. The van der Waals surface area contributed by atoms with E-state index in [4.69, 9.17) is 11.6 Å². The van der Waals surface area contributed by atoms with E-state index in [-0.39, 0.29) is 41.5 Å². The fourth-order valence-electron chi connectivity index (χ4n) is 2.23. The highest BCUT2D eigenvalue weighted by Crippen LogP contribution is 2.16. The number of rotatable bonds is 7. The molecule has 1 N–H and O–H groups in total. The van der Waals surface area contributed by atoms with Gasteiger partial charge in [0.15, 0.2) is 5.96 Å². The number of benzene rings is 1. The number of carbonyl (C=O) groups excluding carboxylic acids is 1. The summed E-state index contributed by atoms with van der Waals surface area (Å²) in [6.07, 6.45) is 0. The maximum absolute atomic E-state index is 13.2. The van der Waals surface area contributed by atoms with Crippen molar-refractivity contribution < 1.29 is 9.18 Å². The summed E-state index contributed by atoms with van der Waals surface area (Å²) in [7, 11) is 1.82. The first kappa shape index (κ1) is 23.9. The van der Waals surface area contributed by atoms with Crippen LogP contribution in [0.3, 0.4) is 0 Å². The number of nitrogens with zero attached hydrogens (tertiary/aromatic N) is 3. The second-order valence-corrected chi connectivity index (χ2v) is 5.75. The van der Waals surface area contributed by atoms with Gasteiger partial charge in [0.2, 0.25) is 5.91 Å². The van der Waals surface area contributed by atoms with Crippen LogP contribution in [0.25, 0.3) is 0 Å². The Bertz CT molecular complexity index is 582. The Balaban J connectivity index is 0.00000576. The van der Waals surface area contributed by atoms with Crippen molar-refractivity contribution in [2.45, 2.75) is 27.3 Å². The number of aliphatic imine (C=N–C) groups is 1. The minimum Gasteiger partial charge on any atom is -0.357 e. The zero-order chi connectivity index (χ0) is 18.1. The number of hydrogen-bond donors (Lipinski definition) is 1. The van der Waals surface area contributed by atoms with E-state index < -0.39 is 5.82 Å². The predicted molar refractivity (Wildman–Crippen MR) is 112 cm³/mol. The summed E-state index contributed by atoms with van der Waals surface area (Å²) in [5.74, 6) is 0.231. The highest BCUT2D eigenvalue weighted by atomic mass is 127. The number of amides is 1. The van der Waals surface area contributed by atoms with Crippen molar-refractivity contribution in [3.63, 3.8) is 0 Å². The molecule has 1 rings (SSSR count). The molecule has 0 unspecified atom stereocenters.